The molecule has 5 nitrogen and oxygen atoms in total. The molecule has 0 aromatic rings. The fourth-order valence-corrected chi connectivity index (χ4v) is 2.95. The van der Waals surface area contributed by atoms with Crippen LogP contribution in [0.2, 0.25) is 0 Å². The predicted octanol–water partition coefficient (Wildman–Crippen LogP) is 2.27. The number of carboxylic acids is 2. The Kier molecular flexibility index (Phi) is 6.84. The van der Waals surface area contributed by atoms with Gasteiger partial charge in [-0.05, 0) is 18.8 Å². The predicted molar refractivity (Wildman–Crippen MR) is 69.8 cm³/mol. The van der Waals surface area contributed by atoms with E-state index in [-0.39, 0.29) is 5.92 Å². The highest BCUT2D eigenvalue weighted by Crippen LogP contribution is 2.30. The molecule has 110 valence electrons. The van der Waals surface area contributed by atoms with Crippen LogP contribution >= 0.6 is 0 Å². The summed E-state index contributed by atoms with van der Waals surface area (Å²) in [7, 11) is 0. The SMILES string of the molecule is O=C(O)C(O)C(C(=O)O)C1CCCCCCCCC1. The molecule has 0 bridgehead atoms. The van der Waals surface area contributed by atoms with E-state index in [1.54, 1.807) is 0 Å². The van der Waals surface area contributed by atoms with Crippen LogP contribution in [0.1, 0.15) is 57.8 Å². The molecule has 1 fully saturated rings. The van der Waals surface area contributed by atoms with Crippen LogP contribution in [0.3, 0.4) is 0 Å². The third-order valence-electron chi connectivity index (χ3n) is 4.04. The highest BCUT2D eigenvalue weighted by Gasteiger charge is 2.37. The molecule has 0 radical (unpaired) electrons. The van der Waals surface area contributed by atoms with E-state index in [4.69, 9.17) is 5.11 Å². The topological polar surface area (TPSA) is 94.8 Å². The van der Waals surface area contributed by atoms with E-state index in [0.29, 0.717) is 12.8 Å². The summed E-state index contributed by atoms with van der Waals surface area (Å²) in [4.78, 5) is 22.1. The molecular weight excluding hydrogens is 248 g/mol. The maximum atomic E-state index is 11.3. The summed E-state index contributed by atoms with van der Waals surface area (Å²) in [5, 5.41) is 27.7. The van der Waals surface area contributed by atoms with Crippen molar-refractivity contribution in [2.45, 2.75) is 63.9 Å². The minimum atomic E-state index is -1.80. The van der Waals surface area contributed by atoms with Gasteiger partial charge in [0.15, 0.2) is 6.10 Å². The molecule has 0 spiro atoms. The third kappa shape index (κ3) is 5.19. The molecule has 1 rings (SSSR count). The summed E-state index contributed by atoms with van der Waals surface area (Å²) >= 11 is 0. The Balaban J connectivity index is 2.72. The Morgan fingerprint density at radius 2 is 1.21 bits per heavy atom. The van der Waals surface area contributed by atoms with E-state index < -0.39 is 24.0 Å². The summed E-state index contributed by atoms with van der Waals surface area (Å²) in [6, 6.07) is 0. The monoisotopic (exact) mass is 272 g/mol. The molecule has 2 atom stereocenters. The molecule has 1 aliphatic rings. The van der Waals surface area contributed by atoms with Gasteiger partial charge >= 0.3 is 11.9 Å². The maximum absolute atomic E-state index is 11.3. The summed E-state index contributed by atoms with van der Waals surface area (Å²) < 4.78 is 0. The summed E-state index contributed by atoms with van der Waals surface area (Å²) in [5.74, 6) is -4.06. The Morgan fingerprint density at radius 3 is 1.58 bits per heavy atom. The zero-order valence-corrected chi connectivity index (χ0v) is 11.3. The van der Waals surface area contributed by atoms with E-state index in [1.165, 1.54) is 6.42 Å². The second kappa shape index (κ2) is 8.15. The molecule has 0 amide bonds. The lowest BCUT2D eigenvalue weighted by Gasteiger charge is -2.26. The van der Waals surface area contributed by atoms with Gasteiger partial charge < -0.3 is 15.3 Å². The molecule has 0 heterocycles. The molecule has 0 aromatic carbocycles. The summed E-state index contributed by atoms with van der Waals surface area (Å²) in [6.45, 7) is 0. The largest absolute Gasteiger partial charge is 0.481 e. The van der Waals surface area contributed by atoms with E-state index >= 15 is 0 Å². The van der Waals surface area contributed by atoms with E-state index in [0.717, 1.165) is 38.5 Å². The lowest BCUT2D eigenvalue weighted by atomic mass is 9.80. The zero-order valence-electron chi connectivity index (χ0n) is 11.3. The van der Waals surface area contributed by atoms with Gasteiger partial charge in [-0.3, -0.25) is 4.79 Å². The van der Waals surface area contributed by atoms with E-state index in [2.05, 4.69) is 0 Å². The van der Waals surface area contributed by atoms with Gasteiger partial charge in [-0.2, -0.15) is 0 Å². The molecule has 0 aliphatic heterocycles. The van der Waals surface area contributed by atoms with Crippen molar-refractivity contribution in [1.82, 2.24) is 0 Å². The van der Waals surface area contributed by atoms with Gasteiger partial charge in [-0.25, -0.2) is 4.79 Å². The van der Waals surface area contributed by atoms with Crippen molar-refractivity contribution >= 4 is 11.9 Å². The lowest BCUT2D eigenvalue weighted by Crippen LogP contribution is -2.39. The fourth-order valence-electron chi connectivity index (χ4n) is 2.95. The van der Waals surface area contributed by atoms with Gasteiger partial charge in [-0.1, -0.05) is 44.9 Å². The van der Waals surface area contributed by atoms with Gasteiger partial charge in [0, 0.05) is 0 Å². The van der Waals surface area contributed by atoms with Crippen LogP contribution in [0, 0.1) is 11.8 Å². The van der Waals surface area contributed by atoms with Crippen LogP contribution in [0.4, 0.5) is 0 Å². The number of aliphatic hydroxyl groups is 1. The molecule has 5 heteroatoms. The standard InChI is InChI=1S/C14H24O5/c15-12(14(18)19)11(13(16)17)10-8-6-4-2-1-3-5-7-9-10/h10-12,15H,1-9H2,(H,16,17)(H,18,19). The van der Waals surface area contributed by atoms with Crippen molar-refractivity contribution in [3.63, 3.8) is 0 Å². The number of hydrogen-bond donors (Lipinski definition) is 3. The average Bonchev–Trinajstić information content (AvgIpc) is 2.36. The number of aliphatic carboxylic acids is 2. The third-order valence-corrected chi connectivity index (χ3v) is 4.04. The Labute approximate surface area is 113 Å². The quantitative estimate of drug-likeness (QED) is 0.729. The maximum Gasteiger partial charge on any atom is 0.333 e. The number of aliphatic hydroxyl groups excluding tert-OH is 1. The Bertz CT molecular complexity index is 292. The van der Waals surface area contributed by atoms with Crippen LogP contribution in [0.5, 0.6) is 0 Å². The second-order valence-electron chi connectivity index (χ2n) is 5.46. The zero-order chi connectivity index (χ0) is 14.3. The van der Waals surface area contributed by atoms with Crippen molar-refractivity contribution in [2.75, 3.05) is 0 Å². The molecular formula is C14H24O5. The first-order chi connectivity index (χ1) is 9.04. The van der Waals surface area contributed by atoms with Crippen molar-refractivity contribution in [3.05, 3.63) is 0 Å². The van der Waals surface area contributed by atoms with E-state index in [9.17, 15) is 19.8 Å². The molecule has 1 saturated carbocycles. The minimum absolute atomic E-state index is 0.235. The van der Waals surface area contributed by atoms with Gasteiger partial charge in [0.25, 0.3) is 0 Å². The van der Waals surface area contributed by atoms with Crippen LogP contribution in [-0.2, 0) is 9.59 Å². The lowest BCUT2D eigenvalue weighted by molar-refractivity contribution is -0.162. The minimum Gasteiger partial charge on any atom is -0.481 e. The van der Waals surface area contributed by atoms with Crippen molar-refractivity contribution in [1.29, 1.82) is 0 Å². The molecule has 1 aliphatic carbocycles. The Hall–Kier alpha value is -1.10. The molecule has 19 heavy (non-hydrogen) atoms. The van der Waals surface area contributed by atoms with Gasteiger partial charge in [0.2, 0.25) is 0 Å². The number of carboxylic acid groups (broad SMARTS) is 2. The van der Waals surface area contributed by atoms with Gasteiger partial charge in [0.05, 0.1) is 5.92 Å². The number of hydrogen-bond acceptors (Lipinski definition) is 3. The average molecular weight is 272 g/mol. The highest BCUT2D eigenvalue weighted by atomic mass is 16.4. The molecule has 3 N–H and O–H groups in total. The first kappa shape index (κ1) is 16.0. The van der Waals surface area contributed by atoms with Crippen LogP contribution in [0.25, 0.3) is 0 Å². The summed E-state index contributed by atoms with van der Waals surface area (Å²) in [6.07, 6.45) is 7.09. The van der Waals surface area contributed by atoms with Crippen molar-refractivity contribution in [2.24, 2.45) is 11.8 Å². The molecule has 0 saturated heterocycles. The normalized spacial score (nSPS) is 22.4. The number of carbonyl (C=O) groups is 2. The first-order valence-electron chi connectivity index (χ1n) is 7.17. The van der Waals surface area contributed by atoms with Gasteiger partial charge in [0.1, 0.15) is 0 Å². The first-order valence-corrected chi connectivity index (χ1v) is 7.17. The van der Waals surface area contributed by atoms with Crippen LogP contribution in [0.15, 0.2) is 0 Å². The fraction of sp³-hybridized carbons (Fsp3) is 0.857. The van der Waals surface area contributed by atoms with Crippen LogP contribution in [-0.4, -0.2) is 33.4 Å². The van der Waals surface area contributed by atoms with E-state index in [1.807, 2.05) is 0 Å². The van der Waals surface area contributed by atoms with Crippen molar-refractivity contribution < 1.29 is 24.9 Å². The Morgan fingerprint density at radius 1 is 0.789 bits per heavy atom. The highest BCUT2D eigenvalue weighted by molar-refractivity contribution is 5.81. The number of rotatable bonds is 4. The molecule has 2 unspecified atom stereocenters. The smallest absolute Gasteiger partial charge is 0.333 e. The molecule has 0 aromatic heterocycles. The van der Waals surface area contributed by atoms with Gasteiger partial charge in [-0.15, -0.1) is 0 Å². The van der Waals surface area contributed by atoms with Crippen molar-refractivity contribution in [3.8, 4) is 0 Å². The van der Waals surface area contributed by atoms with Crippen LogP contribution < -0.4 is 0 Å². The summed E-state index contributed by atoms with van der Waals surface area (Å²) in [5.41, 5.74) is 0. The second-order valence-corrected chi connectivity index (χ2v) is 5.46.